The number of hydrogen-bond acceptors (Lipinski definition) is 4. The zero-order valence-electron chi connectivity index (χ0n) is 11.3. The van der Waals surface area contributed by atoms with Gasteiger partial charge in [-0.25, -0.2) is 4.79 Å². The highest BCUT2D eigenvalue weighted by Gasteiger charge is 2.19. The summed E-state index contributed by atoms with van der Waals surface area (Å²) in [7, 11) is 0. The Morgan fingerprint density at radius 1 is 1.20 bits per heavy atom. The molecule has 0 aliphatic carbocycles. The van der Waals surface area contributed by atoms with Crippen LogP contribution in [-0.2, 0) is 11.3 Å². The summed E-state index contributed by atoms with van der Waals surface area (Å²) in [6.07, 6.45) is 4.05. The van der Waals surface area contributed by atoms with E-state index < -0.39 is 17.0 Å². The maximum Gasteiger partial charge on any atom is 0.328 e. The molecule has 1 fully saturated rings. The van der Waals surface area contributed by atoms with Crippen molar-refractivity contribution in [3.8, 4) is 0 Å². The first-order chi connectivity index (χ1) is 9.50. The third kappa shape index (κ3) is 2.87. The monoisotopic (exact) mass is 279 g/mol. The van der Waals surface area contributed by atoms with E-state index >= 15 is 0 Å². The molecule has 0 bridgehead atoms. The quantitative estimate of drug-likeness (QED) is 0.772. The first-order valence-corrected chi connectivity index (χ1v) is 6.62. The number of carbonyl (C=O) groups is 2. The topological polar surface area (TPSA) is 92.2 Å². The second-order valence-corrected chi connectivity index (χ2v) is 4.90. The number of piperidine rings is 1. The van der Waals surface area contributed by atoms with E-state index in [2.05, 4.69) is 4.98 Å². The van der Waals surface area contributed by atoms with E-state index in [4.69, 9.17) is 0 Å². The van der Waals surface area contributed by atoms with Crippen LogP contribution in [-0.4, -0.2) is 39.2 Å². The molecule has 108 valence electrons. The van der Waals surface area contributed by atoms with Crippen molar-refractivity contribution >= 4 is 11.7 Å². The number of nitrogens with zero attached hydrogens (tertiary/aromatic N) is 2. The molecule has 20 heavy (non-hydrogen) atoms. The minimum atomic E-state index is -0.716. The maximum absolute atomic E-state index is 12.1. The van der Waals surface area contributed by atoms with Gasteiger partial charge in [-0.2, -0.15) is 0 Å². The Morgan fingerprint density at radius 3 is 2.45 bits per heavy atom. The Balaban J connectivity index is 2.26. The summed E-state index contributed by atoms with van der Waals surface area (Å²) < 4.78 is 0.785. The number of amides is 1. The number of aromatic nitrogens is 2. The van der Waals surface area contributed by atoms with Crippen molar-refractivity contribution in [1.82, 2.24) is 14.5 Å². The standard InChI is InChI=1S/C13H17N3O4/c1-9(17)10-7-14-13(20)16(12(10)19)8-11(18)15-5-3-2-4-6-15/h7H,2-6,8H2,1H3,(H,14,20). The zero-order chi connectivity index (χ0) is 14.7. The normalized spacial score (nSPS) is 15.2. The smallest absolute Gasteiger partial charge is 0.328 e. The molecule has 0 atom stereocenters. The third-order valence-electron chi connectivity index (χ3n) is 3.44. The SMILES string of the molecule is CC(=O)c1c[nH]c(=O)n(CC(=O)N2CCCCC2)c1=O. The van der Waals surface area contributed by atoms with Gasteiger partial charge in [0, 0.05) is 19.3 Å². The van der Waals surface area contributed by atoms with Crippen LogP contribution in [0.2, 0.25) is 0 Å². The van der Waals surface area contributed by atoms with Crippen LogP contribution in [0, 0.1) is 0 Å². The minimum absolute atomic E-state index is 0.115. The predicted molar refractivity (Wildman–Crippen MR) is 71.8 cm³/mol. The fourth-order valence-corrected chi connectivity index (χ4v) is 2.29. The minimum Gasteiger partial charge on any atom is -0.341 e. The van der Waals surface area contributed by atoms with Crippen molar-refractivity contribution in [2.45, 2.75) is 32.7 Å². The molecule has 0 aromatic carbocycles. The number of nitrogens with one attached hydrogen (secondary N) is 1. The second kappa shape index (κ2) is 5.85. The summed E-state index contributed by atoms with van der Waals surface area (Å²) in [5.41, 5.74) is -1.51. The van der Waals surface area contributed by atoms with Crippen LogP contribution in [0.3, 0.4) is 0 Å². The molecule has 1 aromatic rings. The fraction of sp³-hybridized carbons (Fsp3) is 0.538. The summed E-state index contributed by atoms with van der Waals surface area (Å²) in [4.78, 5) is 51.0. The number of H-pyrrole nitrogens is 1. The number of rotatable bonds is 3. The van der Waals surface area contributed by atoms with E-state index in [-0.39, 0.29) is 18.0 Å². The van der Waals surface area contributed by atoms with E-state index in [0.717, 1.165) is 30.0 Å². The Hall–Kier alpha value is -2.18. The van der Waals surface area contributed by atoms with Gasteiger partial charge < -0.3 is 9.88 Å². The molecule has 1 saturated heterocycles. The average Bonchev–Trinajstić information content (AvgIpc) is 2.43. The van der Waals surface area contributed by atoms with E-state index in [9.17, 15) is 19.2 Å². The molecule has 7 heteroatoms. The molecular weight excluding hydrogens is 262 g/mol. The van der Waals surface area contributed by atoms with Crippen molar-refractivity contribution in [2.75, 3.05) is 13.1 Å². The van der Waals surface area contributed by atoms with Crippen LogP contribution < -0.4 is 11.2 Å². The first-order valence-electron chi connectivity index (χ1n) is 6.62. The molecule has 1 amide bonds. The highest BCUT2D eigenvalue weighted by atomic mass is 16.2. The predicted octanol–water partition coefficient (Wildman–Crippen LogP) is -0.248. The lowest BCUT2D eigenvalue weighted by atomic mass is 10.1. The molecule has 2 heterocycles. The summed E-state index contributed by atoms with van der Waals surface area (Å²) >= 11 is 0. The van der Waals surface area contributed by atoms with Crippen LogP contribution in [0.15, 0.2) is 15.8 Å². The van der Waals surface area contributed by atoms with Crippen molar-refractivity contribution in [1.29, 1.82) is 0 Å². The van der Waals surface area contributed by atoms with Crippen LogP contribution in [0.1, 0.15) is 36.5 Å². The van der Waals surface area contributed by atoms with Gasteiger partial charge in [-0.15, -0.1) is 0 Å². The lowest BCUT2D eigenvalue weighted by Gasteiger charge is -2.26. The number of likely N-dealkylation sites (tertiary alicyclic amines) is 1. The number of ketones is 1. The molecule has 2 rings (SSSR count). The van der Waals surface area contributed by atoms with Crippen molar-refractivity contribution in [3.05, 3.63) is 32.6 Å². The van der Waals surface area contributed by atoms with Crippen molar-refractivity contribution in [3.63, 3.8) is 0 Å². The molecule has 0 saturated carbocycles. The molecule has 1 aromatic heterocycles. The second-order valence-electron chi connectivity index (χ2n) is 4.90. The molecule has 0 spiro atoms. The van der Waals surface area contributed by atoms with E-state index in [0.29, 0.717) is 13.1 Å². The molecule has 1 aliphatic rings. The molecule has 1 aliphatic heterocycles. The Kier molecular flexibility index (Phi) is 4.16. The number of aromatic amines is 1. The largest absolute Gasteiger partial charge is 0.341 e. The lowest BCUT2D eigenvalue weighted by Crippen LogP contribution is -2.44. The van der Waals surface area contributed by atoms with E-state index in [1.54, 1.807) is 4.90 Å². The fourth-order valence-electron chi connectivity index (χ4n) is 2.29. The molecule has 1 N–H and O–H groups in total. The zero-order valence-corrected chi connectivity index (χ0v) is 11.3. The first kappa shape index (κ1) is 14.2. The summed E-state index contributed by atoms with van der Waals surface area (Å²) in [6.45, 7) is 2.22. The molecule has 0 unspecified atom stereocenters. The molecule has 7 nitrogen and oxygen atoms in total. The van der Waals surface area contributed by atoms with Crippen LogP contribution in [0.4, 0.5) is 0 Å². The van der Waals surface area contributed by atoms with Gasteiger partial charge in [-0.1, -0.05) is 0 Å². The van der Waals surface area contributed by atoms with Gasteiger partial charge in [0.2, 0.25) is 5.91 Å². The molecular formula is C13H17N3O4. The number of carbonyl (C=O) groups excluding carboxylic acids is 2. The molecule has 0 radical (unpaired) electrons. The highest BCUT2D eigenvalue weighted by molar-refractivity contribution is 5.93. The average molecular weight is 279 g/mol. The van der Waals surface area contributed by atoms with Gasteiger partial charge in [-0.3, -0.25) is 19.0 Å². The lowest BCUT2D eigenvalue weighted by molar-refractivity contribution is -0.132. The number of Topliss-reactive ketones (excluding diaryl/α,β-unsaturated/α-hetero) is 1. The van der Waals surface area contributed by atoms with Gasteiger partial charge in [0.25, 0.3) is 5.56 Å². The maximum atomic E-state index is 12.1. The highest BCUT2D eigenvalue weighted by Crippen LogP contribution is 2.08. The van der Waals surface area contributed by atoms with Gasteiger partial charge >= 0.3 is 5.69 Å². The van der Waals surface area contributed by atoms with Gasteiger partial charge in [-0.05, 0) is 26.2 Å². The van der Waals surface area contributed by atoms with Crippen molar-refractivity contribution in [2.24, 2.45) is 0 Å². The Morgan fingerprint density at radius 2 is 1.85 bits per heavy atom. The Labute approximate surface area is 115 Å². The van der Waals surface area contributed by atoms with Crippen LogP contribution >= 0.6 is 0 Å². The van der Waals surface area contributed by atoms with Gasteiger partial charge in [0.1, 0.15) is 6.54 Å². The van der Waals surface area contributed by atoms with Crippen LogP contribution in [0.5, 0.6) is 0 Å². The van der Waals surface area contributed by atoms with Crippen molar-refractivity contribution < 1.29 is 9.59 Å². The summed E-state index contributed by atoms with van der Waals surface area (Å²) in [5.74, 6) is -0.705. The van der Waals surface area contributed by atoms with Crippen LogP contribution in [0.25, 0.3) is 0 Å². The summed E-state index contributed by atoms with van der Waals surface area (Å²) in [6, 6.07) is 0. The van der Waals surface area contributed by atoms with Gasteiger partial charge in [0.15, 0.2) is 5.78 Å². The number of hydrogen-bond donors (Lipinski definition) is 1. The Bertz CT molecular complexity index is 638. The van der Waals surface area contributed by atoms with E-state index in [1.165, 1.54) is 6.92 Å². The van der Waals surface area contributed by atoms with Gasteiger partial charge in [0.05, 0.1) is 5.56 Å². The van der Waals surface area contributed by atoms with E-state index in [1.807, 2.05) is 0 Å². The summed E-state index contributed by atoms with van der Waals surface area (Å²) in [5, 5.41) is 0. The third-order valence-corrected chi connectivity index (χ3v) is 3.44.